The molecule has 3 aliphatic rings. The molecule has 4 heterocycles. The van der Waals surface area contributed by atoms with Crippen molar-refractivity contribution >= 4 is 0 Å². The summed E-state index contributed by atoms with van der Waals surface area (Å²) in [6.45, 7) is 8.97. The van der Waals surface area contributed by atoms with Gasteiger partial charge >= 0.3 is 0 Å². The lowest BCUT2D eigenvalue weighted by molar-refractivity contribution is -0.00554. The van der Waals surface area contributed by atoms with Gasteiger partial charge in [-0.05, 0) is 6.42 Å². The zero-order chi connectivity index (χ0) is 13.2. The number of aromatic nitrogens is 2. The van der Waals surface area contributed by atoms with Crippen LogP contribution in [0, 0.1) is 0 Å². The van der Waals surface area contributed by atoms with E-state index in [2.05, 4.69) is 37.9 Å². The highest BCUT2D eigenvalue weighted by Crippen LogP contribution is 2.26. The Labute approximate surface area is 114 Å². The topological polar surface area (TPSA) is 62.4 Å². The molecule has 2 bridgehead atoms. The van der Waals surface area contributed by atoms with Crippen molar-refractivity contribution in [1.29, 1.82) is 0 Å². The normalized spacial score (nSPS) is 31.6. The number of fused-ring (bicyclic) bond motifs is 3. The molecule has 106 valence electrons. The van der Waals surface area contributed by atoms with Crippen molar-refractivity contribution in [1.82, 2.24) is 24.8 Å². The van der Waals surface area contributed by atoms with E-state index in [1.54, 1.807) is 0 Å². The monoisotopic (exact) mass is 264 g/mol. The first kappa shape index (κ1) is 13.1. The van der Waals surface area contributed by atoms with Gasteiger partial charge < -0.3 is 4.57 Å². The SMILES string of the molecule is CCCn1ccnc1C(NN)C1CN2CCN1CC2. The first-order valence-corrected chi connectivity index (χ1v) is 7.27. The first-order valence-electron chi connectivity index (χ1n) is 7.27. The Balaban J connectivity index is 1.82. The van der Waals surface area contributed by atoms with Crippen LogP contribution in [0.1, 0.15) is 25.2 Å². The predicted octanol–water partition coefficient (Wildman–Crippen LogP) is -0.203. The van der Waals surface area contributed by atoms with E-state index in [4.69, 9.17) is 5.84 Å². The van der Waals surface area contributed by atoms with Crippen LogP contribution in [0.4, 0.5) is 0 Å². The molecule has 1 aromatic heterocycles. The molecule has 19 heavy (non-hydrogen) atoms. The Kier molecular flexibility index (Phi) is 3.83. The minimum absolute atomic E-state index is 0.115. The van der Waals surface area contributed by atoms with Crippen LogP contribution in [0.3, 0.4) is 0 Å². The molecule has 0 radical (unpaired) electrons. The molecule has 3 aliphatic heterocycles. The number of aryl methyl sites for hydroxylation is 1. The van der Waals surface area contributed by atoms with Crippen molar-refractivity contribution in [2.45, 2.75) is 32.0 Å². The third kappa shape index (κ3) is 2.41. The molecule has 3 fully saturated rings. The number of imidazole rings is 1. The number of piperazine rings is 3. The van der Waals surface area contributed by atoms with Gasteiger partial charge in [-0.2, -0.15) is 0 Å². The molecule has 0 saturated carbocycles. The minimum Gasteiger partial charge on any atom is -0.334 e. The average molecular weight is 264 g/mol. The fourth-order valence-electron chi connectivity index (χ4n) is 3.36. The van der Waals surface area contributed by atoms with Gasteiger partial charge in [0.05, 0.1) is 6.04 Å². The van der Waals surface area contributed by atoms with E-state index in [1.165, 1.54) is 13.1 Å². The molecule has 6 heteroatoms. The van der Waals surface area contributed by atoms with Crippen LogP contribution < -0.4 is 11.3 Å². The number of nitrogens with zero attached hydrogens (tertiary/aromatic N) is 4. The molecule has 2 atom stereocenters. The van der Waals surface area contributed by atoms with Gasteiger partial charge in [0.2, 0.25) is 0 Å². The molecule has 0 spiro atoms. The molecule has 0 aliphatic carbocycles. The summed E-state index contributed by atoms with van der Waals surface area (Å²) in [4.78, 5) is 9.62. The van der Waals surface area contributed by atoms with Crippen LogP contribution in [0.15, 0.2) is 12.4 Å². The molecule has 3 N–H and O–H groups in total. The van der Waals surface area contributed by atoms with Crippen molar-refractivity contribution < 1.29 is 0 Å². The number of hydrogen-bond donors (Lipinski definition) is 2. The molecular weight excluding hydrogens is 240 g/mol. The largest absolute Gasteiger partial charge is 0.334 e. The highest BCUT2D eigenvalue weighted by Gasteiger charge is 2.38. The van der Waals surface area contributed by atoms with E-state index in [-0.39, 0.29) is 6.04 Å². The van der Waals surface area contributed by atoms with E-state index < -0.39 is 0 Å². The lowest BCUT2D eigenvalue weighted by Gasteiger charge is -2.49. The summed E-state index contributed by atoms with van der Waals surface area (Å²) in [7, 11) is 0. The number of hydrogen-bond acceptors (Lipinski definition) is 5. The van der Waals surface area contributed by atoms with Crippen LogP contribution in [-0.4, -0.2) is 58.1 Å². The molecular formula is C13H24N6. The number of nitrogens with two attached hydrogens (primary N) is 1. The zero-order valence-electron chi connectivity index (χ0n) is 11.6. The first-order chi connectivity index (χ1) is 9.33. The fourth-order valence-corrected chi connectivity index (χ4v) is 3.36. The molecule has 0 aromatic carbocycles. The van der Waals surface area contributed by atoms with Crippen molar-refractivity contribution in [2.75, 3.05) is 32.7 Å². The van der Waals surface area contributed by atoms with Crippen LogP contribution in [0.2, 0.25) is 0 Å². The van der Waals surface area contributed by atoms with E-state index >= 15 is 0 Å². The maximum absolute atomic E-state index is 5.84. The van der Waals surface area contributed by atoms with Gasteiger partial charge in [0, 0.05) is 57.7 Å². The van der Waals surface area contributed by atoms with Gasteiger partial charge in [-0.1, -0.05) is 6.92 Å². The van der Waals surface area contributed by atoms with Crippen LogP contribution in [0.5, 0.6) is 0 Å². The van der Waals surface area contributed by atoms with Gasteiger partial charge in [-0.15, -0.1) is 0 Å². The zero-order valence-corrected chi connectivity index (χ0v) is 11.6. The van der Waals surface area contributed by atoms with Crippen LogP contribution in [-0.2, 0) is 6.54 Å². The molecule has 2 unspecified atom stereocenters. The van der Waals surface area contributed by atoms with Gasteiger partial charge in [0.1, 0.15) is 5.82 Å². The maximum Gasteiger partial charge on any atom is 0.128 e. The molecule has 6 nitrogen and oxygen atoms in total. The van der Waals surface area contributed by atoms with Crippen LogP contribution >= 0.6 is 0 Å². The second-order valence-electron chi connectivity index (χ2n) is 5.53. The van der Waals surface area contributed by atoms with E-state index in [0.717, 1.165) is 38.4 Å². The minimum atomic E-state index is 0.115. The summed E-state index contributed by atoms with van der Waals surface area (Å²) in [5.41, 5.74) is 3.01. The summed E-state index contributed by atoms with van der Waals surface area (Å²) >= 11 is 0. The third-order valence-corrected chi connectivity index (χ3v) is 4.38. The van der Waals surface area contributed by atoms with Gasteiger partial charge in [-0.25, -0.2) is 10.4 Å². The number of rotatable bonds is 5. The quantitative estimate of drug-likeness (QED) is 0.569. The molecule has 3 saturated heterocycles. The van der Waals surface area contributed by atoms with Crippen LogP contribution in [0.25, 0.3) is 0 Å². The van der Waals surface area contributed by atoms with Gasteiger partial charge in [-0.3, -0.25) is 15.6 Å². The maximum atomic E-state index is 5.84. The fraction of sp³-hybridized carbons (Fsp3) is 0.769. The number of nitrogens with one attached hydrogen (secondary N) is 1. The van der Waals surface area contributed by atoms with E-state index in [0.29, 0.717) is 6.04 Å². The van der Waals surface area contributed by atoms with Crippen molar-refractivity contribution in [3.63, 3.8) is 0 Å². The third-order valence-electron chi connectivity index (χ3n) is 4.38. The standard InChI is InChI=1S/C13H24N6/c1-2-4-19-5-3-15-13(19)12(16-14)11-10-17-6-8-18(11)9-7-17/h3,5,11-12,16H,2,4,6-10,14H2,1H3. The molecule has 1 aromatic rings. The second kappa shape index (κ2) is 5.58. The average Bonchev–Trinajstić information content (AvgIpc) is 2.90. The smallest absolute Gasteiger partial charge is 0.128 e. The second-order valence-corrected chi connectivity index (χ2v) is 5.53. The Morgan fingerprint density at radius 3 is 2.79 bits per heavy atom. The van der Waals surface area contributed by atoms with Crippen molar-refractivity contribution in [2.24, 2.45) is 5.84 Å². The van der Waals surface area contributed by atoms with Crippen molar-refractivity contribution in [3.05, 3.63) is 18.2 Å². The van der Waals surface area contributed by atoms with Gasteiger partial charge in [0.15, 0.2) is 0 Å². The summed E-state index contributed by atoms with van der Waals surface area (Å²) < 4.78 is 2.23. The predicted molar refractivity (Wildman–Crippen MR) is 74.4 cm³/mol. The van der Waals surface area contributed by atoms with Gasteiger partial charge in [0.25, 0.3) is 0 Å². The lowest BCUT2D eigenvalue weighted by Crippen LogP contribution is -2.64. The lowest BCUT2D eigenvalue weighted by atomic mass is 10.00. The Morgan fingerprint density at radius 2 is 2.21 bits per heavy atom. The van der Waals surface area contributed by atoms with E-state index in [1.807, 2.05) is 6.20 Å². The van der Waals surface area contributed by atoms with E-state index in [9.17, 15) is 0 Å². The molecule has 0 amide bonds. The summed E-state index contributed by atoms with van der Waals surface area (Å²) in [6.07, 6.45) is 5.05. The Morgan fingerprint density at radius 1 is 1.42 bits per heavy atom. The Bertz CT molecular complexity index is 409. The summed E-state index contributed by atoms with van der Waals surface area (Å²) in [5.74, 6) is 6.92. The number of hydrazine groups is 1. The van der Waals surface area contributed by atoms with Crippen molar-refractivity contribution in [3.8, 4) is 0 Å². The molecule has 4 rings (SSSR count). The Hall–Kier alpha value is -0.950. The highest BCUT2D eigenvalue weighted by molar-refractivity contribution is 5.07. The summed E-state index contributed by atoms with van der Waals surface area (Å²) in [5, 5.41) is 0. The highest BCUT2D eigenvalue weighted by atomic mass is 15.4. The summed E-state index contributed by atoms with van der Waals surface area (Å²) in [6, 6.07) is 0.551.